The predicted molar refractivity (Wildman–Crippen MR) is 96.1 cm³/mol. The molecule has 2 amide bonds. The van der Waals surface area contributed by atoms with Crippen molar-refractivity contribution in [1.29, 1.82) is 0 Å². The maximum absolute atomic E-state index is 12.4. The Kier molecular flexibility index (Phi) is 4.83. The summed E-state index contributed by atoms with van der Waals surface area (Å²) in [6.07, 6.45) is 9.96. The molecule has 136 valence electrons. The Morgan fingerprint density at radius 1 is 1.44 bits per heavy atom. The Bertz CT molecular complexity index is 728. The fraction of sp³-hybridized carbons (Fsp3) is 0.611. The van der Waals surface area contributed by atoms with Gasteiger partial charge < -0.3 is 14.8 Å². The zero-order valence-corrected chi connectivity index (χ0v) is 15.6. The van der Waals surface area contributed by atoms with Crippen LogP contribution in [-0.2, 0) is 13.1 Å². The summed E-state index contributed by atoms with van der Waals surface area (Å²) in [7, 11) is 1.82. The minimum atomic E-state index is -0.0362. The highest BCUT2D eigenvalue weighted by molar-refractivity contribution is 5.73. The third-order valence-corrected chi connectivity index (χ3v) is 4.95. The van der Waals surface area contributed by atoms with E-state index in [-0.39, 0.29) is 11.4 Å². The second-order valence-electron chi connectivity index (χ2n) is 7.54. The van der Waals surface area contributed by atoms with Gasteiger partial charge in [-0.15, -0.1) is 0 Å². The molecule has 2 aromatic heterocycles. The third kappa shape index (κ3) is 4.21. The van der Waals surface area contributed by atoms with E-state index in [4.69, 9.17) is 0 Å². The lowest BCUT2D eigenvalue weighted by Crippen LogP contribution is -2.40. The smallest absolute Gasteiger partial charge is 0.317 e. The number of aryl methyl sites for hydroxylation is 1. The van der Waals surface area contributed by atoms with Gasteiger partial charge in [-0.1, -0.05) is 0 Å². The molecule has 1 aliphatic carbocycles. The van der Waals surface area contributed by atoms with Crippen LogP contribution in [0.4, 0.5) is 4.79 Å². The molecule has 7 heteroatoms. The molecule has 1 fully saturated rings. The zero-order chi connectivity index (χ0) is 18.0. The molecule has 0 atom stereocenters. The molecule has 2 heterocycles. The van der Waals surface area contributed by atoms with Gasteiger partial charge in [-0.3, -0.25) is 4.68 Å². The number of hydrogen-bond donors (Lipinski definition) is 1. The number of aromatic nitrogens is 4. The van der Waals surface area contributed by atoms with Gasteiger partial charge in [-0.25, -0.2) is 9.78 Å². The van der Waals surface area contributed by atoms with Crippen molar-refractivity contribution in [2.75, 3.05) is 13.6 Å². The van der Waals surface area contributed by atoms with Crippen LogP contribution >= 0.6 is 0 Å². The largest absolute Gasteiger partial charge is 0.337 e. The van der Waals surface area contributed by atoms with Crippen LogP contribution in [0.5, 0.6) is 0 Å². The Balaban J connectivity index is 1.49. The third-order valence-electron chi connectivity index (χ3n) is 4.95. The van der Waals surface area contributed by atoms with E-state index in [0.29, 0.717) is 19.1 Å². The SMILES string of the molecule is Cc1nccn1CC1(CNC(=O)N(C)Cc2cnn(C(C)C)c2)CC1. The van der Waals surface area contributed by atoms with E-state index >= 15 is 0 Å². The number of nitrogens with zero attached hydrogens (tertiary/aromatic N) is 5. The Morgan fingerprint density at radius 2 is 2.20 bits per heavy atom. The van der Waals surface area contributed by atoms with Crippen molar-refractivity contribution >= 4 is 6.03 Å². The maximum atomic E-state index is 12.4. The van der Waals surface area contributed by atoms with Crippen molar-refractivity contribution in [3.05, 3.63) is 36.2 Å². The van der Waals surface area contributed by atoms with Crippen molar-refractivity contribution in [2.45, 2.75) is 52.7 Å². The molecule has 0 aromatic carbocycles. The molecule has 3 rings (SSSR count). The van der Waals surface area contributed by atoms with Gasteiger partial charge in [0, 0.05) is 55.7 Å². The quantitative estimate of drug-likeness (QED) is 0.839. The molecule has 0 aliphatic heterocycles. The summed E-state index contributed by atoms with van der Waals surface area (Å²) in [5, 5.41) is 7.42. The zero-order valence-electron chi connectivity index (χ0n) is 15.6. The summed E-state index contributed by atoms with van der Waals surface area (Å²) in [6.45, 7) is 8.38. The number of amides is 2. The van der Waals surface area contributed by atoms with Crippen LogP contribution in [0, 0.1) is 12.3 Å². The standard InChI is InChI=1S/C18H28N6O/c1-14(2)24-11-16(9-21-24)10-22(4)17(25)20-12-18(5-6-18)13-23-8-7-19-15(23)3/h7-9,11,14H,5-6,10,12-13H2,1-4H3,(H,20,25). The van der Waals surface area contributed by atoms with Crippen LogP contribution in [0.25, 0.3) is 0 Å². The van der Waals surface area contributed by atoms with Crippen LogP contribution in [0.1, 0.15) is 44.1 Å². The molecule has 0 spiro atoms. The molecule has 7 nitrogen and oxygen atoms in total. The van der Waals surface area contributed by atoms with Crippen molar-refractivity contribution in [2.24, 2.45) is 5.41 Å². The van der Waals surface area contributed by atoms with Gasteiger partial charge >= 0.3 is 6.03 Å². The molecule has 0 bridgehead atoms. The molecular formula is C18H28N6O. The van der Waals surface area contributed by atoms with Gasteiger partial charge in [0.15, 0.2) is 0 Å². The van der Waals surface area contributed by atoms with Gasteiger partial charge in [0.05, 0.1) is 12.7 Å². The summed E-state index contributed by atoms with van der Waals surface area (Å²) in [4.78, 5) is 18.4. The van der Waals surface area contributed by atoms with Gasteiger partial charge in [-0.2, -0.15) is 5.10 Å². The molecule has 0 saturated heterocycles. The number of imidazole rings is 1. The molecule has 1 aliphatic rings. The lowest BCUT2D eigenvalue weighted by Gasteiger charge is -2.21. The highest BCUT2D eigenvalue weighted by atomic mass is 16.2. The molecule has 1 N–H and O–H groups in total. The minimum Gasteiger partial charge on any atom is -0.337 e. The molecular weight excluding hydrogens is 316 g/mol. The highest BCUT2D eigenvalue weighted by Crippen LogP contribution is 2.46. The number of nitrogens with one attached hydrogen (secondary N) is 1. The van der Waals surface area contributed by atoms with E-state index < -0.39 is 0 Å². The van der Waals surface area contributed by atoms with Crippen molar-refractivity contribution in [3.63, 3.8) is 0 Å². The van der Waals surface area contributed by atoms with Crippen molar-refractivity contribution < 1.29 is 4.79 Å². The first kappa shape index (κ1) is 17.5. The monoisotopic (exact) mass is 344 g/mol. The fourth-order valence-corrected chi connectivity index (χ4v) is 2.98. The summed E-state index contributed by atoms with van der Waals surface area (Å²) < 4.78 is 4.08. The number of urea groups is 1. The Morgan fingerprint density at radius 3 is 2.76 bits per heavy atom. The van der Waals surface area contributed by atoms with Crippen LogP contribution in [0.2, 0.25) is 0 Å². The van der Waals surface area contributed by atoms with Gasteiger partial charge in [-0.05, 0) is 33.6 Å². The van der Waals surface area contributed by atoms with Crippen molar-refractivity contribution in [1.82, 2.24) is 29.5 Å². The lowest BCUT2D eigenvalue weighted by atomic mass is 10.1. The first-order valence-electron chi connectivity index (χ1n) is 8.88. The number of rotatable bonds is 7. The summed E-state index contributed by atoms with van der Waals surface area (Å²) in [5.74, 6) is 1.02. The number of carbonyl (C=O) groups is 1. The van der Waals surface area contributed by atoms with Crippen LogP contribution in [0.15, 0.2) is 24.8 Å². The van der Waals surface area contributed by atoms with Crippen LogP contribution in [-0.4, -0.2) is 43.9 Å². The second-order valence-corrected chi connectivity index (χ2v) is 7.54. The van der Waals surface area contributed by atoms with Gasteiger partial charge in [0.1, 0.15) is 5.82 Å². The molecule has 2 aromatic rings. The van der Waals surface area contributed by atoms with E-state index in [0.717, 1.165) is 30.8 Å². The summed E-state index contributed by atoms with van der Waals surface area (Å²) in [5.41, 5.74) is 1.23. The molecule has 0 unspecified atom stereocenters. The highest BCUT2D eigenvalue weighted by Gasteiger charge is 2.43. The average molecular weight is 344 g/mol. The normalized spacial score (nSPS) is 15.4. The first-order chi connectivity index (χ1) is 11.9. The topological polar surface area (TPSA) is 68.0 Å². The summed E-state index contributed by atoms with van der Waals surface area (Å²) >= 11 is 0. The van der Waals surface area contributed by atoms with Crippen LogP contribution < -0.4 is 5.32 Å². The van der Waals surface area contributed by atoms with E-state index in [1.807, 2.05) is 43.4 Å². The van der Waals surface area contributed by atoms with Crippen molar-refractivity contribution in [3.8, 4) is 0 Å². The molecule has 1 saturated carbocycles. The van der Waals surface area contributed by atoms with E-state index in [9.17, 15) is 4.79 Å². The maximum Gasteiger partial charge on any atom is 0.317 e. The van der Waals surface area contributed by atoms with E-state index in [1.54, 1.807) is 4.90 Å². The van der Waals surface area contributed by atoms with Gasteiger partial charge in [0.25, 0.3) is 0 Å². The minimum absolute atomic E-state index is 0.0362. The second kappa shape index (κ2) is 6.90. The number of carbonyl (C=O) groups excluding carboxylic acids is 1. The Labute approximate surface area is 149 Å². The fourth-order valence-electron chi connectivity index (χ4n) is 2.98. The van der Waals surface area contributed by atoms with Crippen LogP contribution in [0.3, 0.4) is 0 Å². The predicted octanol–water partition coefficient (Wildman–Crippen LogP) is 2.59. The van der Waals surface area contributed by atoms with Gasteiger partial charge in [0.2, 0.25) is 0 Å². The average Bonchev–Trinajstić information content (AvgIpc) is 2.96. The Hall–Kier alpha value is -2.31. The number of hydrogen-bond acceptors (Lipinski definition) is 3. The van der Waals surface area contributed by atoms with E-state index in [1.165, 1.54) is 0 Å². The first-order valence-corrected chi connectivity index (χ1v) is 8.88. The lowest BCUT2D eigenvalue weighted by molar-refractivity contribution is 0.203. The molecule has 0 radical (unpaired) electrons. The summed E-state index contributed by atoms with van der Waals surface area (Å²) in [6, 6.07) is 0.292. The van der Waals surface area contributed by atoms with E-state index in [2.05, 4.69) is 33.8 Å². The molecule has 25 heavy (non-hydrogen) atoms.